The molecule has 1 aliphatic carbocycles. The van der Waals surface area contributed by atoms with Crippen molar-refractivity contribution in [1.82, 2.24) is 14.4 Å². The summed E-state index contributed by atoms with van der Waals surface area (Å²) in [4.78, 5) is 19.0. The number of hydrogen-bond acceptors (Lipinski definition) is 3. The van der Waals surface area contributed by atoms with Crippen molar-refractivity contribution in [2.75, 3.05) is 26.2 Å². The number of ketones is 1. The minimum absolute atomic E-state index is 0.296. The molecule has 164 valence electrons. The number of piperidine rings is 3. The Morgan fingerprint density at radius 3 is 2.90 bits per heavy atom. The fraction of sp³-hybridized carbons (Fsp3) is 0.593. The number of hydrogen-bond donors (Lipinski definition) is 0. The van der Waals surface area contributed by atoms with E-state index >= 15 is 0 Å². The number of fused-ring (bicyclic) bond motifs is 7. The van der Waals surface area contributed by atoms with E-state index in [1.54, 1.807) is 5.57 Å². The fourth-order valence-corrected chi connectivity index (χ4v) is 7.40. The summed E-state index contributed by atoms with van der Waals surface area (Å²) in [5.74, 6) is 1.74. The average Bonchev–Trinajstić information content (AvgIpc) is 3.04. The highest BCUT2D eigenvalue weighted by Gasteiger charge is 2.46. The van der Waals surface area contributed by atoms with Gasteiger partial charge < -0.3 is 4.57 Å². The number of rotatable bonds is 3. The lowest BCUT2D eigenvalue weighted by Gasteiger charge is -2.54. The van der Waals surface area contributed by atoms with Gasteiger partial charge in [-0.1, -0.05) is 36.3 Å². The Balaban J connectivity index is 1.30. The summed E-state index contributed by atoms with van der Waals surface area (Å²) in [6.45, 7) is 6.23. The van der Waals surface area contributed by atoms with Gasteiger partial charge in [-0.15, -0.1) is 0 Å². The summed E-state index contributed by atoms with van der Waals surface area (Å²) in [5.41, 5.74) is 4.84. The molecule has 3 fully saturated rings. The molecule has 0 saturated carbocycles. The first-order valence-electron chi connectivity index (χ1n) is 12.4. The molecule has 4 heteroatoms. The van der Waals surface area contributed by atoms with Gasteiger partial charge in [0.1, 0.15) is 0 Å². The maximum absolute atomic E-state index is 13.7. The van der Waals surface area contributed by atoms with Gasteiger partial charge in [0.05, 0.1) is 6.54 Å². The Morgan fingerprint density at radius 2 is 2.00 bits per heavy atom. The van der Waals surface area contributed by atoms with E-state index in [-0.39, 0.29) is 0 Å². The first-order valence-corrected chi connectivity index (χ1v) is 12.4. The number of aromatic nitrogens is 1. The number of nitrogens with zero attached hydrogens (tertiary/aromatic N) is 3. The van der Waals surface area contributed by atoms with Crippen molar-refractivity contribution in [1.29, 1.82) is 0 Å². The Kier molecular flexibility index (Phi) is 4.84. The predicted octanol–water partition coefficient (Wildman–Crippen LogP) is 4.56. The lowest BCUT2D eigenvalue weighted by molar-refractivity contribution is 0.000417. The topological polar surface area (TPSA) is 28.5 Å². The maximum Gasteiger partial charge on any atom is 0.179 e. The molecule has 2 bridgehead atoms. The van der Waals surface area contributed by atoms with Crippen molar-refractivity contribution < 1.29 is 4.79 Å². The minimum atomic E-state index is 0.296. The normalized spacial score (nSPS) is 31.2. The summed E-state index contributed by atoms with van der Waals surface area (Å²) in [5, 5.41) is 1.11. The van der Waals surface area contributed by atoms with E-state index in [4.69, 9.17) is 0 Å². The van der Waals surface area contributed by atoms with E-state index in [2.05, 4.69) is 58.7 Å². The predicted molar refractivity (Wildman–Crippen MR) is 125 cm³/mol. The number of para-hydroxylation sites is 1. The van der Waals surface area contributed by atoms with E-state index in [1.807, 2.05) is 0 Å². The van der Waals surface area contributed by atoms with Crippen molar-refractivity contribution in [3.63, 3.8) is 0 Å². The second kappa shape index (κ2) is 7.60. The third-order valence-corrected chi connectivity index (χ3v) is 8.79. The quantitative estimate of drug-likeness (QED) is 0.541. The Bertz CT molecular complexity index is 1050. The zero-order valence-corrected chi connectivity index (χ0v) is 19.0. The number of aryl methyl sites for hydroxylation is 1. The lowest BCUT2D eigenvalue weighted by atomic mass is 9.68. The van der Waals surface area contributed by atoms with Crippen LogP contribution in [0.25, 0.3) is 10.9 Å². The average molecular weight is 418 g/mol. The Labute approximate surface area is 185 Å². The van der Waals surface area contributed by atoms with E-state index in [0.717, 1.165) is 40.7 Å². The first kappa shape index (κ1) is 19.8. The maximum atomic E-state index is 13.7. The van der Waals surface area contributed by atoms with Gasteiger partial charge in [0, 0.05) is 47.8 Å². The molecule has 4 nitrogen and oxygen atoms in total. The van der Waals surface area contributed by atoms with Crippen LogP contribution >= 0.6 is 0 Å². The number of carbonyl (C=O) groups excluding carboxylic acids is 1. The van der Waals surface area contributed by atoms with Crippen LogP contribution in [0.15, 0.2) is 35.9 Å². The van der Waals surface area contributed by atoms with Crippen molar-refractivity contribution in [2.24, 2.45) is 18.9 Å². The molecule has 4 heterocycles. The van der Waals surface area contributed by atoms with Gasteiger partial charge in [-0.3, -0.25) is 14.6 Å². The molecule has 0 spiro atoms. The highest BCUT2D eigenvalue weighted by atomic mass is 16.1. The summed E-state index contributed by atoms with van der Waals surface area (Å²) < 4.78 is 2.17. The van der Waals surface area contributed by atoms with Crippen LogP contribution in [-0.2, 0) is 7.05 Å². The standard InChI is InChI=1S/C27H35N3O/c1-18-26(22-9-3-4-11-24(22)28(18)2)25(31)17-30-13-7-8-19-14-20-15-21(27(19)30)16-29-12-6-5-10-23(20)29/h3-4,9,11,14,20-21,23,27H,5-8,10,12-13,15-17H2,1-2H3/t20?,21?,23-,27-/m1/s1. The monoisotopic (exact) mass is 417 g/mol. The van der Waals surface area contributed by atoms with Crippen molar-refractivity contribution in [2.45, 2.75) is 57.5 Å². The molecule has 4 atom stereocenters. The summed E-state index contributed by atoms with van der Waals surface area (Å²) in [7, 11) is 2.08. The van der Waals surface area contributed by atoms with Gasteiger partial charge in [0.15, 0.2) is 5.78 Å². The number of benzene rings is 1. The van der Waals surface area contributed by atoms with E-state index in [0.29, 0.717) is 24.3 Å². The molecule has 2 unspecified atom stereocenters. The molecular formula is C27H35N3O. The minimum Gasteiger partial charge on any atom is -0.347 e. The van der Waals surface area contributed by atoms with Crippen LogP contribution in [0.3, 0.4) is 0 Å². The van der Waals surface area contributed by atoms with Crippen LogP contribution in [0.5, 0.6) is 0 Å². The van der Waals surface area contributed by atoms with Crippen molar-refractivity contribution in [3.05, 3.63) is 47.2 Å². The molecule has 31 heavy (non-hydrogen) atoms. The molecule has 2 aromatic rings. The molecule has 0 amide bonds. The van der Waals surface area contributed by atoms with E-state index in [9.17, 15) is 4.79 Å². The smallest absolute Gasteiger partial charge is 0.179 e. The zero-order valence-electron chi connectivity index (χ0n) is 19.0. The van der Waals surface area contributed by atoms with Gasteiger partial charge in [-0.05, 0) is 70.0 Å². The molecule has 3 saturated heterocycles. The molecule has 0 N–H and O–H groups in total. The van der Waals surface area contributed by atoms with E-state index < -0.39 is 0 Å². The second-order valence-corrected chi connectivity index (χ2v) is 10.4. The fourth-order valence-electron chi connectivity index (χ4n) is 7.40. The SMILES string of the molecule is Cc1c(C(=O)CN2CCCC3=CC4CC(CN5CCCC[C@H]45)[C@@H]32)c2ccccc2n1C. The van der Waals surface area contributed by atoms with Gasteiger partial charge in [0.2, 0.25) is 0 Å². The largest absolute Gasteiger partial charge is 0.347 e. The molecule has 3 aliphatic heterocycles. The molecular weight excluding hydrogens is 382 g/mol. The Morgan fingerprint density at radius 1 is 1.13 bits per heavy atom. The zero-order chi connectivity index (χ0) is 21.1. The van der Waals surface area contributed by atoms with Gasteiger partial charge in [-0.25, -0.2) is 0 Å². The van der Waals surface area contributed by atoms with Crippen molar-refractivity contribution >= 4 is 16.7 Å². The number of carbonyl (C=O) groups is 1. The van der Waals surface area contributed by atoms with Crippen LogP contribution < -0.4 is 0 Å². The van der Waals surface area contributed by atoms with Crippen LogP contribution in [0.2, 0.25) is 0 Å². The lowest BCUT2D eigenvalue weighted by Crippen LogP contribution is -2.59. The van der Waals surface area contributed by atoms with Crippen molar-refractivity contribution in [3.8, 4) is 0 Å². The van der Waals surface area contributed by atoms with Crippen LogP contribution in [-0.4, -0.2) is 58.4 Å². The molecule has 1 aromatic heterocycles. The summed E-state index contributed by atoms with van der Waals surface area (Å²) in [6, 6.07) is 9.62. The Hall–Kier alpha value is -1.91. The summed E-state index contributed by atoms with van der Waals surface area (Å²) >= 11 is 0. The number of Topliss-reactive ketones (excluding diaryl/α,β-unsaturated/α-hetero) is 1. The third kappa shape index (κ3) is 3.14. The van der Waals surface area contributed by atoms with Gasteiger partial charge >= 0.3 is 0 Å². The number of likely N-dealkylation sites (tertiary alicyclic amines) is 1. The third-order valence-electron chi connectivity index (χ3n) is 8.79. The highest BCUT2D eigenvalue weighted by molar-refractivity contribution is 6.10. The highest BCUT2D eigenvalue weighted by Crippen LogP contribution is 2.45. The van der Waals surface area contributed by atoms with Crippen LogP contribution in [0.4, 0.5) is 0 Å². The van der Waals surface area contributed by atoms with E-state index in [1.165, 1.54) is 51.6 Å². The van der Waals surface area contributed by atoms with Crippen LogP contribution in [0.1, 0.15) is 54.6 Å². The molecule has 4 aliphatic rings. The second-order valence-electron chi connectivity index (χ2n) is 10.4. The van der Waals surface area contributed by atoms with Crippen LogP contribution in [0, 0.1) is 18.8 Å². The summed E-state index contributed by atoms with van der Waals surface area (Å²) in [6.07, 6.45) is 10.6. The molecule has 0 radical (unpaired) electrons. The first-order chi connectivity index (χ1) is 15.1. The molecule has 1 aromatic carbocycles. The van der Waals surface area contributed by atoms with Gasteiger partial charge in [0.25, 0.3) is 0 Å². The molecule has 6 rings (SSSR count). The van der Waals surface area contributed by atoms with Gasteiger partial charge in [-0.2, -0.15) is 0 Å².